The van der Waals surface area contributed by atoms with Crippen molar-refractivity contribution in [1.82, 2.24) is 20.4 Å². The van der Waals surface area contributed by atoms with E-state index in [0.29, 0.717) is 17.6 Å². The molecule has 1 unspecified atom stereocenters. The molecule has 1 fully saturated rings. The molecule has 0 spiro atoms. The van der Waals surface area contributed by atoms with Crippen LogP contribution in [0.5, 0.6) is 0 Å². The summed E-state index contributed by atoms with van der Waals surface area (Å²) in [6.07, 6.45) is 4.33. The molecule has 3 heterocycles. The van der Waals surface area contributed by atoms with E-state index < -0.39 is 0 Å². The zero-order valence-corrected chi connectivity index (χ0v) is 8.10. The molecule has 0 amide bonds. The highest BCUT2D eigenvalue weighted by Gasteiger charge is 2.15. The maximum atomic E-state index is 4.93. The van der Waals surface area contributed by atoms with E-state index in [1.165, 1.54) is 0 Å². The number of nitrogens with one attached hydrogen (secondary N) is 2. The van der Waals surface area contributed by atoms with Crippen LogP contribution >= 0.6 is 0 Å². The lowest BCUT2D eigenvalue weighted by Gasteiger charge is -2.09. The predicted molar refractivity (Wildman–Crippen MR) is 54.5 cm³/mol. The maximum absolute atomic E-state index is 4.93. The molecule has 0 aliphatic carbocycles. The lowest BCUT2D eigenvalue weighted by molar-refractivity contribution is 0.455. The Morgan fingerprint density at radius 1 is 1.47 bits per heavy atom. The number of hydrogen-bond acceptors (Lipinski definition) is 6. The minimum Gasteiger partial charge on any atom is -0.353 e. The molecular formula is C9H11N5O. The Bertz CT molecular complexity index is 462. The molecule has 1 atom stereocenters. The van der Waals surface area contributed by atoms with Gasteiger partial charge >= 0.3 is 0 Å². The van der Waals surface area contributed by atoms with Crippen LogP contribution in [0.15, 0.2) is 16.9 Å². The Hall–Kier alpha value is -1.69. The van der Waals surface area contributed by atoms with Crippen molar-refractivity contribution in [2.24, 2.45) is 0 Å². The molecule has 2 aromatic heterocycles. The highest BCUT2D eigenvalue weighted by Crippen LogP contribution is 2.12. The minimum atomic E-state index is 0.419. The van der Waals surface area contributed by atoms with Gasteiger partial charge in [-0.25, -0.2) is 9.97 Å². The minimum absolute atomic E-state index is 0.419. The Balaban J connectivity index is 1.84. The highest BCUT2D eigenvalue weighted by molar-refractivity contribution is 5.70. The largest absolute Gasteiger partial charge is 0.353 e. The van der Waals surface area contributed by atoms with Crippen molar-refractivity contribution < 1.29 is 4.52 Å². The van der Waals surface area contributed by atoms with Gasteiger partial charge in [-0.3, -0.25) is 0 Å². The van der Waals surface area contributed by atoms with E-state index in [9.17, 15) is 0 Å². The van der Waals surface area contributed by atoms with Gasteiger partial charge in [0.1, 0.15) is 5.52 Å². The standard InChI is InChI=1S/C9H11N5O/c1-2-10-3-6(1)13-9-11-5-8-7(14-9)4-12-15-8/h4-6,10H,1-3H2,(H,11,13,14). The molecule has 0 bridgehead atoms. The van der Waals surface area contributed by atoms with Gasteiger partial charge in [0.2, 0.25) is 11.5 Å². The Kier molecular flexibility index (Phi) is 1.99. The highest BCUT2D eigenvalue weighted by atomic mass is 16.5. The summed E-state index contributed by atoms with van der Waals surface area (Å²) < 4.78 is 4.93. The molecule has 1 aliphatic rings. The lowest BCUT2D eigenvalue weighted by atomic mass is 10.3. The van der Waals surface area contributed by atoms with Crippen molar-refractivity contribution in [3.63, 3.8) is 0 Å². The van der Waals surface area contributed by atoms with E-state index in [2.05, 4.69) is 25.8 Å². The average Bonchev–Trinajstić information content (AvgIpc) is 2.87. The SMILES string of the molecule is c1noc2cnc(NC3CCNC3)nc12. The monoisotopic (exact) mass is 205 g/mol. The van der Waals surface area contributed by atoms with Crippen molar-refractivity contribution in [2.45, 2.75) is 12.5 Å². The van der Waals surface area contributed by atoms with Crippen LogP contribution in [0.1, 0.15) is 6.42 Å². The van der Waals surface area contributed by atoms with E-state index >= 15 is 0 Å². The van der Waals surface area contributed by atoms with Gasteiger partial charge in [-0.15, -0.1) is 0 Å². The van der Waals surface area contributed by atoms with E-state index in [1.54, 1.807) is 12.4 Å². The van der Waals surface area contributed by atoms with Gasteiger partial charge in [0.15, 0.2) is 0 Å². The average molecular weight is 205 g/mol. The van der Waals surface area contributed by atoms with Gasteiger partial charge < -0.3 is 15.2 Å². The zero-order chi connectivity index (χ0) is 10.1. The third kappa shape index (κ3) is 1.63. The van der Waals surface area contributed by atoms with Crippen molar-refractivity contribution in [3.8, 4) is 0 Å². The van der Waals surface area contributed by atoms with Crippen molar-refractivity contribution in [2.75, 3.05) is 18.4 Å². The van der Waals surface area contributed by atoms with Crippen molar-refractivity contribution in [1.29, 1.82) is 0 Å². The third-order valence-electron chi connectivity index (χ3n) is 2.50. The van der Waals surface area contributed by atoms with E-state index in [-0.39, 0.29) is 0 Å². The topological polar surface area (TPSA) is 75.9 Å². The molecule has 15 heavy (non-hydrogen) atoms. The number of anilines is 1. The van der Waals surface area contributed by atoms with Crippen molar-refractivity contribution >= 4 is 17.0 Å². The summed E-state index contributed by atoms with van der Waals surface area (Å²) >= 11 is 0. The van der Waals surface area contributed by atoms with Gasteiger partial charge in [0.25, 0.3) is 0 Å². The van der Waals surface area contributed by atoms with Crippen LogP contribution in [0.4, 0.5) is 5.95 Å². The quantitative estimate of drug-likeness (QED) is 0.738. The van der Waals surface area contributed by atoms with Crippen LogP contribution in [0.3, 0.4) is 0 Å². The van der Waals surface area contributed by atoms with E-state index in [0.717, 1.165) is 25.0 Å². The second-order valence-corrected chi connectivity index (χ2v) is 3.60. The summed E-state index contributed by atoms with van der Waals surface area (Å²) in [5.41, 5.74) is 1.35. The van der Waals surface area contributed by atoms with Crippen LogP contribution in [0.2, 0.25) is 0 Å². The van der Waals surface area contributed by atoms with Crippen LogP contribution in [0, 0.1) is 0 Å². The van der Waals surface area contributed by atoms with E-state index in [4.69, 9.17) is 4.52 Å². The molecule has 3 rings (SSSR count). The third-order valence-corrected chi connectivity index (χ3v) is 2.50. The van der Waals surface area contributed by atoms with Gasteiger partial charge in [0.05, 0.1) is 12.4 Å². The first-order valence-corrected chi connectivity index (χ1v) is 4.96. The van der Waals surface area contributed by atoms with Gasteiger partial charge in [-0.2, -0.15) is 0 Å². The molecule has 2 N–H and O–H groups in total. The molecule has 2 aromatic rings. The fourth-order valence-electron chi connectivity index (χ4n) is 1.71. The summed E-state index contributed by atoms with van der Waals surface area (Å²) in [6, 6.07) is 0.419. The summed E-state index contributed by atoms with van der Waals surface area (Å²) in [7, 11) is 0. The molecule has 0 radical (unpaired) electrons. The molecule has 0 saturated carbocycles. The maximum Gasteiger partial charge on any atom is 0.223 e. The first-order chi connectivity index (χ1) is 7.42. The summed E-state index contributed by atoms with van der Waals surface area (Å²) in [4.78, 5) is 8.45. The fraction of sp³-hybridized carbons (Fsp3) is 0.444. The van der Waals surface area contributed by atoms with Gasteiger partial charge in [-0.05, 0) is 13.0 Å². The first kappa shape index (κ1) is 8.60. The molecule has 6 heteroatoms. The molecule has 1 saturated heterocycles. The molecule has 1 aliphatic heterocycles. The molecular weight excluding hydrogens is 194 g/mol. The summed E-state index contributed by atoms with van der Waals surface area (Å²) in [5.74, 6) is 0.638. The predicted octanol–water partition coefficient (Wildman–Crippen LogP) is 0.392. The Morgan fingerprint density at radius 3 is 3.33 bits per heavy atom. The molecule has 0 aromatic carbocycles. The number of fused-ring (bicyclic) bond motifs is 1. The molecule has 6 nitrogen and oxygen atoms in total. The van der Waals surface area contributed by atoms with Crippen molar-refractivity contribution in [3.05, 3.63) is 12.4 Å². The van der Waals surface area contributed by atoms with Gasteiger partial charge in [-0.1, -0.05) is 5.16 Å². The number of hydrogen-bond donors (Lipinski definition) is 2. The van der Waals surface area contributed by atoms with E-state index in [1.807, 2.05) is 0 Å². The van der Waals surface area contributed by atoms with Crippen LogP contribution in [-0.2, 0) is 0 Å². The number of aromatic nitrogens is 3. The second kappa shape index (κ2) is 3.47. The fourth-order valence-corrected chi connectivity index (χ4v) is 1.71. The smallest absolute Gasteiger partial charge is 0.223 e. The Morgan fingerprint density at radius 2 is 2.47 bits per heavy atom. The summed E-state index contributed by atoms with van der Waals surface area (Å²) in [6.45, 7) is 2.01. The normalized spacial score (nSPS) is 20.9. The number of nitrogens with zero attached hydrogens (tertiary/aromatic N) is 3. The van der Waals surface area contributed by atoms with Gasteiger partial charge in [0, 0.05) is 12.6 Å². The Labute approximate surface area is 86.1 Å². The number of rotatable bonds is 2. The van der Waals surface area contributed by atoms with Crippen LogP contribution in [-0.4, -0.2) is 34.3 Å². The lowest BCUT2D eigenvalue weighted by Crippen LogP contribution is -2.23. The second-order valence-electron chi connectivity index (χ2n) is 3.60. The summed E-state index contributed by atoms with van der Waals surface area (Å²) in [5, 5.41) is 10.2. The van der Waals surface area contributed by atoms with Crippen LogP contribution < -0.4 is 10.6 Å². The zero-order valence-electron chi connectivity index (χ0n) is 8.10. The molecule has 78 valence electrons. The first-order valence-electron chi connectivity index (χ1n) is 4.96. The van der Waals surface area contributed by atoms with Crippen LogP contribution in [0.25, 0.3) is 11.1 Å².